The second-order valence-electron chi connectivity index (χ2n) is 5.19. The Labute approximate surface area is 134 Å². The van der Waals surface area contributed by atoms with Crippen molar-refractivity contribution in [3.05, 3.63) is 23.8 Å². The van der Waals surface area contributed by atoms with Gasteiger partial charge in [-0.1, -0.05) is 15.9 Å². The highest BCUT2D eigenvalue weighted by Crippen LogP contribution is 2.30. The predicted octanol–water partition coefficient (Wildman–Crippen LogP) is 3.48. The zero-order chi connectivity index (χ0) is 15.2. The van der Waals surface area contributed by atoms with Crippen LogP contribution in [0, 0.1) is 0 Å². The topological polar surface area (TPSA) is 38.8 Å². The van der Waals surface area contributed by atoms with Gasteiger partial charge in [0.1, 0.15) is 11.5 Å². The lowest BCUT2D eigenvalue weighted by atomic mass is 9.90. The van der Waals surface area contributed by atoms with Crippen molar-refractivity contribution in [2.75, 3.05) is 26.1 Å². The van der Waals surface area contributed by atoms with Gasteiger partial charge < -0.3 is 14.4 Å². The van der Waals surface area contributed by atoms with Crippen LogP contribution in [0.3, 0.4) is 0 Å². The molecule has 1 aromatic carbocycles. The first-order valence-corrected chi connectivity index (χ1v) is 8.42. The molecule has 0 radical (unpaired) electrons. The lowest BCUT2D eigenvalue weighted by Crippen LogP contribution is -2.45. The number of methoxy groups -OCH3 is 2. The Bertz CT molecular complexity index is 488. The van der Waals surface area contributed by atoms with E-state index in [0.29, 0.717) is 23.1 Å². The van der Waals surface area contributed by atoms with E-state index in [2.05, 4.69) is 15.9 Å². The Morgan fingerprint density at radius 2 is 2.10 bits per heavy atom. The number of alkyl halides is 1. The molecule has 1 fully saturated rings. The second kappa shape index (κ2) is 7.69. The maximum absolute atomic E-state index is 12.9. The largest absolute Gasteiger partial charge is 0.497 e. The van der Waals surface area contributed by atoms with E-state index in [4.69, 9.17) is 9.47 Å². The van der Waals surface area contributed by atoms with E-state index < -0.39 is 0 Å². The SMILES string of the molecule is COc1ccc(OC)c(C(=O)N(CCCBr)C2CCC2)c1. The number of rotatable bonds is 7. The Balaban J connectivity index is 2.25. The second-order valence-corrected chi connectivity index (χ2v) is 5.99. The van der Waals surface area contributed by atoms with Gasteiger partial charge in [0.25, 0.3) is 5.91 Å². The summed E-state index contributed by atoms with van der Waals surface area (Å²) in [6.07, 6.45) is 4.35. The minimum atomic E-state index is 0.0383. The minimum Gasteiger partial charge on any atom is -0.497 e. The monoisotopic (exact) mass is 355 g/mol. The standard InChI is InChI=1S/C16H22BrNO3/c1-20-13-7-8-15(21-2)14(11-13)16(19)18(10-4-9-17)12-5-3-6-12/h7-8,11-12H,3-6,9-10H2,1-2H3. The molecule has 5 heteroatoms. The van der Waals surface area contributed by atoms with Gasteiger partial charge in [-0.3, -0.25) is 4.79 Å². The van der Waals surface area contributed by atoms with Crippen LogP contribution in [0.2, 0.25) is 0 Å². The first-order valence-electron chi connectivity index (χ1n) is 7.30. The third-order valence-electron chi connectivity index (χ3n) is 3.95. The Kier molecular flexibility index (Phi) is 5.91. The molecule has 1 aliphatic carbocycles. The number of halogens is 1. The summed E-state index contributed by atoms with van der Waals surface area (Å²) in [5.41, 5.74) is 0.582. The van der Waals surface area contributed by atoms with Gasteiger partial charge in [-0.2, -0.15) is 0 Å². The van der Waals surface area contributed by atoms with Gasteiger partial charge >= 0.3 is 0 Å². The molecule has 116 valence electrons. The van der Waals surface area contributed by atoms with E-state index in [-0.39, 0.29) is 5.91 Å². The lowest BCUT2D eigenvalue weighted by molar-refractivity contribution is 0.0577. The Hall–Kier alpha value is -1.23. The number of benzene rings is 1. The van der Waals surface area contributed by atoms with Crippen molar-refractivity contribution < 1.29 is 14.3 Å². The zero-order valence-corrected chi connectivity index (χ0v) is 14.2. The predicted molar refractivity (Wildman–Crippen MR) is 86.6 cm³/mol. The molecule has 21 heavy (non-hydrogen) atoms. The highest BCUT2D eigenvalue weighted by molar-refractivity contribution is 9.09. The molecule has 4 nitrogen and oxygen atoms in total. The van der Waals surface area contributed by atoms with Crippen molar-refractivity contribution in [3.8, 4) is 11.5 Å². The molecule has 0 heterocycles. The molecule has 1 aromatic rings. The molecular formula is C16H22BrNO3. The summed E-state index contributed by atoms with van der Waals surface area (Å²) in [7, 11) is 3.19. The van der Waals surface area contributed by atoms with E-state index >= 15 is 0 Å². The van der Waals surface area contributed by atoms with Gasteiger partial charge in [0.2, 0.25) is 0 Å². The van der Waals surface area contributed by atoms with Gasteiger partial charge in [0, 0.05) is 17.9 Å². The molecule has 0 atom stereocenters. The lowest BCUT2D eigenvalue weighted by Gasteiger charge is -2.38. The third-order valence-corrected chi connectivity index (χ3v) is 4.51. The molecule has 0 unspecified atom stereocenters. The maximum Gasteiger partial charge on any atom is 0.258 e. The van der Waals surface area contributed by atoms with Gasteiger partial charge in [-0.15, -0.1) is 0 Å². The average Bonchev–Trinajstić information content (AvgIpc) is 2.48. The van der Waals surface area contributed by atoms with Gasteiger partial charge in [0.15, 0.2) is 0 Å². The zero-order valence-electron chi connectivity index (χ0n) is 12.6. The molecule has 0 bridgehead atoms. The van der Waals surface area contributed by atoms with Crippen molar-refractivity contribution in [3.63, 3.8) is 0 Å². The summed E-state index contributed by atoms with van der Waals surface area (Å²) in [6, 6.07) is 5.73. The van der Waals surface area contributed by atoms with Crippen molar-refractivity contribution in [1.82, 2.24) is 4.90 Å². The van der Waals surface area contributed by atoms with Crippen LogP contribution in [-0.4, -0.2) is 42.9 Å². The molecule has 0 aliphatic heterocycles. The minimum absolute atomic E-state index is 0.0383. The van der Waals surface area contributed by atoms with Crippen molar-refractivity contribution in [1.29, 1.82) is 0 Å². The average molecular weight is 356 g/mol. The summed E-state index contributed by atoms with van der Waals surface area (Å²) in [6.45, 7) is 0.773. The van der Waals surface area contributed by atoms with Crippen molar-refractivity contribution >= 4 is 21.8 Å². The van der Waals surface area contributed by atoms with Gasteiger partial charge in [0.05, 0.1) is 19.8 Å². The maximum atomic E-state index is 12.9. The number of ether oxygens (including phenoxy) is 2. The highest BCUT2D eigenvalue weighted by Gasteiger charge is 2.30. The fraction of sp³-hybridized carbons (Fsp3) is 0.562. The fourth-order valence-electron chi connectivity index (χ4n) is 2.51. The van der Waals surface area contributed by atoms with Crippen LogP contribution in [0.15, 0.2) is 18.2 Å². The van der Waals surface area contributed by atoms with Crippen LogP contribution >= 0.6 is 15.9 Å². The van der Waals surface area contributed by atoms with Crippen LogP contribution in [-0.2, 0) is 0 Å². The smallest absolute Gasteiger partial charge is 0.258 e. The van der Waals surface area contributed by atoms with E-state index in [1.165, 1.54) is 6.42 Å². The highest BCUT2D eigenvalue weighted by atomic mass is 79.9. The summed E-state index contributed by atoms with van der Waals surface area (Å²) >= 11 is 3.44. The quantitative estimate of drug-likeness (QED) is 0.702. The number of carbonyl (C=O) groups is 1. The molecule has 0 spiro atoms. The Morgan fingerprint density at radius 1 is 1.33 bits per heavy atom. The molecular weight excluding hydrogens is 334 g/mol. The van der Waals surface area contributed by atoms with E-state index in [0.717, 1.165) is 31.1 Å². The normalized spacial score (nSPS) is 14.4. The van der Waals surface area contributed by atoms with E-state index in [9.17, 15) is 4.79 Å². The number of amides is 1. The van der Waals surface area contributed by atoms with Crippen LogP contribution in [0.1, 0.15) is 36.0 Å². The number of carbonyl (C=O) groups excluding carboxylic acids is 1. The van der Waals surface area contributed by atoms with Crippen LogP contribution in [0.25, 0.3) is 0 Å². The molecule has 0 N–H and O–H groups in total. The summed E-state index contributed by atoms with van der Waals surface area (Å²) in [5, 5.41) is 0.902. The number of hydrogen-bond acceptors (Lipinski definition) is 3. The summed E-state index contributed by atoms with van der Waals surface area (Å²) < 4.78 is 10.6. The number of hydrogen-bond donors (Lipinski definition) is 0. The first kappa shape index (κ1) is 16.1. The van der Waals surface area contributed by atoms with E-state index in [1.54, 1.807) is 26.4 Å². The molecule has 1 aliphatic rings. The van der Waals surface area contributed by atoms with E-state index in [1.807, 2.05) is 11.0 Å². The molecule has 0 aromatic heterocycles. The van der Waals surface area contributed by atoms with Crippen LogP contribution in [0.5, 0.6) is 11.5 Å². The summed E-state index contributed by atoms with van der Waals surface area (Å²) in [5.74, 6) is 1.31. The first-order chi connectivity index (χ1) is 10.2. The van der Waals surface area contributed by atoms with Gasteiger partial charge in [-0.25, -0.2) is 0 Å². The third kappa shape index (κ3) is 3.70. The van der Waals surface area contributed by atoms with Crippen molar-refractivity contribution in [2.45, 2.75) is 31.7 Å². The molecule has 2 rings (SSSR count). The molecule has 1 amide bonds. The van der Waals surface area contributed by atoms with Crippen molar-refractivity contribution in [2.24, 2.45) is 0 Å². The van der Waals surface area contributed by atoms with Gasteiger partial charge in [-0.05, 0) is 43.9 Å². The summed E-state index contributed by atoms with van der Waals surface area (Å²) in [4.78, 5) is 14.9. The fourth-order valence-corrected chi connectivity index (χ4v) is 2.77. The molecule has 0 saturated heterocycles. The van der Waals surface area contributed by atoms with Crippen LogP contribution in [0.4, 0.5) is 0 Å². The van der Waals surface area contributed by atoms with Crippen LogP contribution < -0.4 is 9.47 Å². The number of nitrogens with zero attached hydrogens (tertiary/aromatic N) is 1. The molecule has 1 saturated carbocycles. The Morgan fingerprint density at radius 3 is 2.62 bits per heavy atom.